The van der Waals surface area contributed by atoms with Crippen LogP contribution in [-0.4, -0.2) is 54.5 Å². The van der Waals surface area contributed by atoms with Gasteiger partial charge in [-0.3, -0.25) is 4.79 Å². The number of anilines is 3. The molecule has 3 aromatic carbocycles. The van der Waals surface area contributed by atoms with E-state index in [0.29, 0.717) is 48.6 Å². The zero-order chi connectivity index (χ0) is 27.4. The fourth-order valence-corrected chi connectivity index (χ4v) is 5.04. The van der Waals surface area contributed by atoms with E-state index in [2.05, 4.69) is 36.1 Å². The third-order valence-corrected chi connectivity index (χ3v) is 7.20. The molecule has 0 radical (unpaired) electrons. The summed E-state index contributed by atoms with van der Waals surface area (Å²) < 4.78 is 8.89. The molecule has 3 aromatic rings. The molecule has 1 aliphatic heterocycles. The fourth-order valence-electron chi connectivity index (χ4n) is 4.67. The van der Waals surface area contributed by atoms with Crippen molar-refractivity contribution in [3.8, 4) is 5.75 Å². The van der Waals surface area contributed by atoms with Crippen LogP contribution in [0.25, 0.3) is 10.8 Å². The third kappa shape index (κ3) is 6.00. The minimum Gasteiger partial charge on any atom is -0.492 e. The highest BCUT2D eigenvalue weighted by molar-refractivity contribution is 7.99. The summed E-state index contributed by atoms with van der Waals surface area (Å²) in [5.74, 6) is 0.474. The van der Waals surface area contributed by atoms with Crippen LogP contribution < -0.4 is 20.1 Å². The van der Waals surface area contributed by atoms with Crippen molar-refractivity contribution >= 4 is 51.7 Å². The summed E-state index contributed by atoms with van der Waals surface area (Å²) >= 11 is 1.45. The van der Waals surface area contributed by atoms with Crippen LogP contribution in [-0.2, 0) is 5.41 Å². The predicted molar refractivity (Wildman–Crippen MR) is 157 cm³/mol. The lowest BCUT2D eigenvalue weighted by molar-refractivity contribution is 0.0548. The van der Waals surface area contributed by atoms with Gasteiger partial charge in [0.25, 0.3) is 5.91 Å². The van der Waals surface area contributed by atoms with Crippen LogP contribution in [0.5, 0.6) is 5.75 Å². The van der Waals surface area contributed by atoms with Gasteiger partial charge in [0.15, 0.2) is 5.75 Å². The van der Waals surface area contributed by atoms with Gasteiger partial charge in [-0.2, -0.15) is 0 Å². The maximum atomic E-state index is 13.3. The molecule has 0 saturated carbocycles. The SMILES string of the molecule is COc1c(NSC)cc(C(C)(C)C)cc1NC(=O)Nc1ccc(C(=O)N2CCC(O)CC2)c2ccccc12. The molecule has 0 spiro atoms. The van der Waals surface area contributed by atoms with Gasteiger partial charge in [0.1, 0.15) is 0 Å². The van der Waals surface area contributed by atoms with Crippen LogP contribution in [0, 0.1) is 0 Å². The van der Waals surface area contributed by atoms with Gasteiger partial charge in [0, 0.05) is 30.3 Å². The van der Waals surface area contributed by atoms with Crippen molar-refractivity contribution < 1.29 is 19.4 Å². The number of nitrogens with zero attached hydrogens (tertiary/aromatic N) is 1. The normalized spacial score (nSPS) is 14.3. The summed E-state index contributed by atoms with van der Waals surface area (Å²) in [6.07, 6.45) is 2.74. The lowest BCUT2D eigenvalue weighted by atomic mass is 9.86. The molecule has 3 amide bonds. The van der Waals surface area contributed by atoms with Crippen LogP contribution in [0.2, 0.25) is 0 Å². The molecule has 202 valence electrons. The molecule has 4 rings (SSSR count). The standard InChI is InChI=1S/C29H36N4O4S/c1-29(2,3)18-16-24(26(37-4)25(17-18)32-38-5)31-28(36)30-23-11-10-22(20-8-6-7-9-21(20)23)27(35)33-14-12-19(34)13-15-33/h6-11,16-17,19,32,34H,12-15H2,1-5H3,(H2,30,31,36). The number of aliphatic hydroxyl groups is 1. The number of urea groups is 1. The summed E-state index contributed by atoms with van der Waals surface area (Å²) in [6.45, 7) is 7.40. The van der Waals surface area contributed by atoms with Gasteiger partial charge < -0.3 is 30.1 Å². The summed E-state index contributed by atoms with van der Waals surface area (Å²) in [5, 5.41) is 17.3. The van der Waals surface area contributed by atoms with Crippen molar-refractivity contribution in [1.82, 2.24) is 4.90 Å². The number of benzene rings is 3. The van der Waals surface area contributed by atoms with Gasteiger partial charge in [-0.1, -0.05) is 57.0 Å². The quantitative estimate of drug-likeness (QED) is 0.285. The van der Waals surface area contributed by atoms with Gasteiger partial charge in [0.05, 0.1) is 30.3 Å². The smallest absolute Gasteiger partial charge is 0.323 e. The number of hydrogen-bond donors (Lipinski definition) is 4. The van der Waals surface area contributed by atoms with E-state index in [1.807, 2.05) is 42.7 Å². The van der Waals surface area contributed by atoms with Crippen LogP contribution in [0.4, 0.5) is 21.9 Å². The maximum Gasteiger partial charge on any atom is 0.323 e. The Hall–Kier alpha value is -3.43. The molecule has 1 heterocycles. The van der Waals surface area contributed by atoms with Gasteiger partial charge in [-0.25, -0.2) is 4.79 Å². The molecule has 0 atom stereocenters. The zero-order valence-corrected chi connectivity index (χ0v) is 23.4. The number of methoxy groups -OCH3 is 1. The van der Waals surface area contributed by atoms with Crippen molar-refractivity contribution in [2.45, 2.75) is 45.1 Å². The Morgan fingerprint density at radius 3 is 2.24 bits per heavy atom. The predicted octanol–water partition coefficient (Wildman–Crippen LogP) is 6.08. The summed E-state index contributed by atoms with van der Waals surface area (Å²) in [5.41, 5.74) is 3.41. The highest BCUT2D eigenvalue weighted by Crippen LogP contribution is 2.39. The lowest BCUT2D eigenvalue weighted by Crippen LogP contribution is -2.40. The average molecular weight is 537 g/mol. The van der Waals surface area contributed by atoms with Crippen molar-refractivity contribution in [3.63, 3.8) is 0 Å². The third-order valence-electron chi connectivity index (χ3n) is 6.77. The summed E-state index contributed by atoms with van der Waals surface area (Å²) in [6, 6.07) is 14.6. The molecule has 9 heteroatoms. The Morgan fingerprint density at radius 2 is 1.61 bits per heavy atom. The number of fused-ring (bicyclic) bond motifs is 1. The number of hydrogen-bond acceptors (Lipinski definition) is 6. The molecule has 1 saturated heterocycles. The molecular weight excluding hydrogens is 500 g/mol. The number of aliphatic hydroxyl groups excluding tert-OH is 1. The number of piperidine rings is 1. The monoisotopic (exact) mass is 536 g/mol. The number of nitrogens with one attached hydrogen (secondary N) is 3. The van der Waals surface area contributed by atoms with E-state index in [-0.39, 0.29) is 17.4 Å². The Bertz CT molecular complexity index is 1330. The number of likely N-dealkylation sites (tertiary alicyclic amines) is 1. The number of rotatable bonds is 6. The van der Waals surface area contributed by atoms with Gasteiger partial charge >= 0.3 is 6.03 Å². The molecule has 0 unspecified atom stereocenters. The second kappa shape index (κ2) is 11.5. The molecule has 0 bridgehead atoms. The lowest BCUT2D eigenvalue weighted by Gasteiger charge is -2.30. The van der Waals surface area contributed by atoms with Gasteiger partial charge in [-0.15, -0.1) is 0 Å². The topological polar surface area (TPSA) is 103 Å². The van der Waals surface area contributed by atoms with E-state index in [0.717, 1.165) is 22.0 Å². The van der Waals surface area contributed by atoms with Gasteiger partial charge in [0.2, 0.25) is 0 Å². The number of carbonyl (C=O) groups is 2. The highest BCUT2D eigenvalue weighted by Gasteiger charge is 2.25. The van der Waals surface area contributed by atoms with E-state index in [4.69, 9.17) is 4.74 Å². The van der Waals surface area contributed by atoms with Crippen LogP contribution in [0.15, 0.2) is 48.5 Å². The Kier molecular flexibility index (Phi) is 8.38. The van der Waals surface area contributed by atoms with E-state index in [1.165, 1.54) is 11.9 Å². The molecule has 8 nitrogen and oxygen atoms in total. The zero-order valence-electron chi connectivity index (χ0n) is 22.6. The average Bonchev–Trinajstić information content (AvgIpc) is 2.88. The molecule has 1 fully saturated rings. The van der Waals surface area contributed by atoms with E-state index in [1.54, 1.807) is 24.1 Å². The number of carbonyl (C=O) groups excluding carboxylic acids is 2. The first-order chi connectivity index (χ1) is 18.1. The molecule has 0 aliphatic carbocycles. The molecular formula is C29H36N4O4S. The van der Waals surface area contributed by atoms with E-state index >= 15 is 0 Å². The van der Waals surface area contributed by atoms with Crippen molar-refractivity contribution in [2.75, 3.05) is 41.8 Å². The van der Waals surface area contributed by atoms with Crippen molar-refractivity contribution in [2.24, 2.45) is 0 Å². The molecule has 4 N–H and O–H groups in total. The number of amides is 3. The van der Waals surface area contributed by atoms with Crippen molar-refractivity contribution in [1.29, 1.82) is 0 Å². The van der Waals surface area contributed by atoms with Crippen molar-refractivity contribution in [3.05, 3.63) is 59.7 Å². The van der Waals surface area contributed by atoms with Crippen LogP contribution >= 0.6 is 11.9 Å². The second-order valence-electron chi connectivity index (χ2n) is 10.5. The van der Waals surface area contributed by atoms with E-state index in [9.17, 15) is 14.7 Å². The Labute approximate surface area is 228 Å². The second-order valence-corrected chi connectivity index (χ2v) is 11.1. The minimum absolute atomic E-state index is 0.0679. The van der Waals surface area contributed by atoms with E-state index < -0.39 is 6.03 Å². The largest absolute Gasteiger partial charge is 0.492 e. The first-order valence-electron chi connectivity index (χ1n) is 12.7. The minimum atomic E-state index is -0.418. The molecule has 0 aromatic heterocycles. The number of ether oxygens (including phenoxy) is 1. The van der Waals surface area contributed by atoms with Crippen LogP contribution in [0.1, 0.15) is 49.5 Å². The summed E-state index contributed by atoms with van der Waals surface area (Å²) in [4.78, 5) is 28.3. The molecule has 1 aliphatic rings. The maximum absolute atomic E-state index is 13.3. The van der Waals surface area contributed by atoms with Crippen LogP contribution in [0.3, 0.4) is 0 Å². The van der Waals surface area contributed by atoms with Gasteiger partial charge in [-0.05, 0) is 53.5 Å². The summed E-state index contributed by atoms with van der Waals surface area (Å²) in [7, 11) is 1.58. The highest BCUT2D eigenvalue weighted by atomic mass is 32.2. The fraction of sp³-hybridized carbons (Fsp3) is 0.379. The molecule has 38 heavy (non-hydrogen) atoms. The Balaban J connectivity index is 1.62. The first-order valence-corrected chi connectivity index (χ1v) is 13.9. The first kappa shape index (κ1) is 27.6. The Morgan fingerprint density at radius 1 is 0.974 bits per heavy atom.